The second-order valence-electron chi connectivity index (χ2n) is 5.17. The maximum absolute atomic E-state index is 5.53. The number of para-hydroxylation sites is 1. The van der Waals surface area contributed by atoms with Gasteiger partial charge < -0.3 is 10.1 Å². The zero-order valence-electron chi connectivity index (χ0n) is 12.6. The van der Waals surface area contributed by atoms with Crippen molar-refractivity contribution in [1.29, 1.82) is 0 Å². The van der Waals surface area contributed by atoms with E-state index in [1.54, 1.807) is 0 Å². The summed E-state index contributed by atoms with van der Waals surface area (Å²) < 4.78 is 6.65. The zero-order chi connectivity index (χ0) is 15.1. The Labute approximate surface area is 135 Å². The normalized spacial score (nSPS) is 12.1. The van der Waals surface area contributed by atoms with Crippen LogP contribution in [0.3, 0.4) is 0 Å². The van der Waals surface area contributed by atoms with Crippen LogP contribution in [0.5, 0.6) is 0 Å². The number of benzene rings is 2. The largest absolute Gasteiger partial charge is 0.382 e. The zero-order valence-corrected chi connectivity index (χ0v) is 14.2. The van der Waals surface area contributed by atoms with Gasteiger partial charge in [0.15, 0.2) is 0 Å². The first-order chi connectivity index (χ1) is 10.2. The van der Waals surface area contributed by atoms with Crippen LogP contribution in [0.1, 0.15) is 25.0 Å². The first-order valence-electron chi connectivity index (χ1n) is 7.35. The number of nitrogens with one attached hydrogen (secondary N) is 1. The van der Waals surface area contributed by atoms with Crippen molar-refractivity contribution in [3.05, 3.63) is 64.1 Å². The van der Waals surface area contributed by atoms with E-state index in [1.165, 1.54) is 11.1 Å². The topological polar surface area (TPSA) is 21.3 Å². The molecule has 1 atom stereocenters. The lowest BCUT2D eigenvalue weighted by molar-refractivity contribution is 0.134. The Bertz CT molecular complexity index is 553. The average molecular weight is 348 g/mol. The molecular weight excluding hydrogens is 326 g/mol. The minimum absolute atomic E-state index is 0.369. The molecule has 0 spiro atoms. The van der Waals surface area contributed by atoms with Gasteiger partial charge >= 0.3 is 0 Å². The molecule has 0 amide bonds. The third kappa shape index (κ3) is 5.18. The summed E-state index contributed by atoms with van der Waals surface area (Å²) in [5, 5.41) is 3.59. The van der Waals surface area contributed by atoms with Gasteiger partial charge in [-0.1, -0.05) is 46.3 Å². The third-order valence-corrected chi connectivity index (χ3v) is 3.86. The summed E-state index contributed by atoms with van der Waals surface area (Å²) in [7, 11) is 0. The smallest absolute Gasteiger partial charge is 0.0736 e. The maximum Gasteiger partial charge on any atom is 0.0736 e. The van der Waals surface area contributed by atoms with Crippen LogP contribution in [-0.4, -0.2) is 12.6 Å². The fourth-order valence-electron chi connectivity index (χ4n) is 2.29. The van der Waals surface area contributed by atoms with Crippen LogP contribution in [-0.2, 0) is 17.8 Å². The van der Waals surface area contributed by atoms with Gasteiger partial charge in [-0.2, -0.15) is 0 Å². The van der Waals surface area contributed by atoms with Crippen LogP contribution in [0, 0.1) is 0 Å². The molecule has 0 aliphatic heterocycles. The summed E-state index contributed by atoms with van der Waals surface area (Å²) in [6.07, 6.45) is 0.996. The molecule has 2 aromatic carbocycles. The lowest BCUT2D eigenvalue weighted by Crippen LogP contribution is -2.19. The Balaban J connectivity index is 1.98. The fourth-order valence-corrected chi connectivity index (χ4v) is 2.55. The summed E-state index contributed by atoms with van der Waals surface area (Å²) >= 11 is 3.47. The average Bonchev–Trinajstić information content (AvgIpc) is 2.49. The quantitative estimate of drug-likeness (QED) is 0.758. The molecule has 0 aromatic heterocycles. The fraction of sp³-hybridized carbons (Fsp3) is 0.333. The first kappa shape index (κ1) is 16.1. The van der Waals surface area contributed by atoms with Crippen molar-refractivity contribution in [3.8, 4) is 0 Å². The lowest BCUT2D eigenvalue weighted by atomic mass is 10.1. The molecular formula is C18H22BrNO. The minimum atomic E-state index is 0.369. The number of rotatable bonds is 7. The molecule has 0 heterocycles. The van der Waals surface area contributed by atoms with E-state index in [9.17, 15) is 0 Å². The monoisotopic (exact) mass is 347 g/mol. The van der Waals surface area contributed by atoms with Crippen molar-refractivity contribution in [1.82, 2.24) is 0 Å². The van der Waals surface area contributed by atoms with Gasteiger partial charge in [0.2, 0.25) is 0 Å². The van der Waals surface area contributed by atoms with Gasteiger partial charge in [0.05, 0.1) is 6.61 Å². The molecule has 2 rings (SSSR count). The van der Waals surface area contributed by atoms with Crippen LogP contribution < -0.4 is 5.32 Å². The molecule has 0 radical (unpaired) electrons. The van der Waals surface area contributed by atoms with E-state index in [0.717, 1.165) is 23.2 Å². The van der Waals surface area contributed by atoms with E-state index in [1.807, 2.05) is 6.92 Å². The molecule has 0 fully saturated rings. The van der Waals surface area contributed by atoms with Crippen molar-refractivity contribution >= 4 is 21.6 Å². The Kier molecular flexibility index (Phi) is 6.27. The molecule has 0 saturated heterocycles. The van der Waals surface area contributed by atoms with Crippen LogP contribution >= 0.6 is 15.9 Å². The molecule has 0 aliphatic rings. The van der Waals surface area contributed by atoms with E-state index in [2.05, 4.69) is 76.7 Å². The Morgan fingerprint density at radius 2 is 1.81 bits per heavy atom. The molecule has 21 heavy (non-hydrogen) atoms. The number of hydrogen-bond donors (Lipinski definition) is 1. The van der Waals surface area contributed by atoms with Crippen molar-refractivity contribution in [2.75, 3.05) is 11.9 Å². The van der Waals surface area contributed by atoms with Crippen molar-refractivity contribution < 1.29 is 4.74 Å². The number of hydrogen-bond acceptors (Lipinski definition) is 2. The summed E-state index contributed by atoms with van der Waals surface area (Å²) in [5.74, 6) is 0. The predicted molar refractivity (Wildman–Crippen MR) is 92.7 cm³/mol. The summed E-state index contributed by atoms with van der Waals surface area (Å²) in [4.78, 5) is 0. The molecule has 3 heteroatoms. The van der Waals surface area contributed by atoms with Crippen LogP contribution in [0.25, 0.3) is 0 Å². The second-order valence-corrected chi connectivity index (χ2v) is 6.09. The summed E-state index contributed by atoms with van der Waals surface area (Å²) in [6, 6.07) is 17.2. The number of ether oxygens (including phenoxy) is 1. The van der Waals surface area contributed by atoms with E-state index < -0.39 is 0 Å². The SMILES string of the molecule is CCOCc1ccccc1NC(C)Cc1ccc(Br)cc1. The standard InChI is InChI=1S/C18H22BrNO/c1-3-21-13-16-6-4-5-7-18(16)20-14(2)12-15-8-10-17(19)11-9-15/h4-11,14,20H,3,12-13H2,1-2H3. The van der Waals surface area contributed by atoms with E-state index in [4.69, 9.17) is 4.74 Å². The Morgan fingerprint density at radius 3 is 2.52 bits per heavy atom. The highest BCUT2D eigenvalue weighted by atomic mass is 79.9. The van der Waals surface area contributed by atoms with Gasteiger partial charge in [-0.25, -0.2) is 0 Å². The van der Waals surface area contributed by atoms with Gasteiger partial charge in [0, 0.05) is 28.4 Å². The van der Waals surface area contributed by atoms with Gasteiger partial charge in [-0.3, -0.25) is 0 Å². The highest BCUT2D eigenvalue weighted by Gasteiger charge is 2.07. The Hall–Kier alpha value is -1.32. The van der Waals surface area contributed by atoms with Gasteiger partial charge in [-0.05, 0) is 44.0 Å². The second kappa shape index (κ2) is 8.20. The lowest BCUT2D eigenvalue weighted by Gasteiger charge is -2.18. The van der Waals surface area contributed by atoms with Crippen molar-refractivity contribution in [2.45, 2.75) is 32.9 Å². The van der Waals surface area contributed by atoms with Crippen LogP contribution in [0.4, 0.5) is 5.69 Å². The highest BCUT2D eigenvalue weighted by Crippen LogP contribution is 2.19. The summed E-state index contributed by atoms with van der Waals surface area (Å²) in [5.41, 5.74) is 3.71. The maximum atomic E-state index is 5.53. The van der Waals surface area contributed by atoms with Crippen LogP contribution in [0.15, 0.2) is 53.0 Å². The molecule has 0 bridgehead atoms. The van der Waals surface area contributed by atoms with Crippen molar-refractivity contribution in [3.63, 3.8) is 0 Å². The molecule has 112 valence electrons. The molecule has 0 saturated carbocycles. The molecule has 2 nitrogen and oxygen atoms in total. The van der Waals surface area contributed by atoms with E-state index in [0.29, 0.717) is 12.6 Å². The number of halogens is 1. The summed E-state index contributed by atoms with van der Waals surface area (Å²) in [6.45, 7) is 5.62. The van der Waals surface area contributed by atoms with E-state index >= 15 is 0 Å². The van der Waals surface area contributed by atoms with E-state index in [-0.39, 0.29) is 0 Å². The Morgan fingerprint density at radius 1 is 1.10 bits per heavy atom. The van der Waals surface area contributed by atoms with Crippen molar-refractivity contribution in [2.24, 2.45) is 0 Å². The van der Waals surface area contributed by atoms with Gasteiger partial charge in [0.25, 0.3) is 0 Å². The minimum Gasteiger partial charge on any atom is -0.382 e. The molecule has 2 aromatic rings. The molecule has 1 unspecified atom stereocenters. The molecule has 0 aliphatic carbocycles. The van der Waals surface area contributed by atoms with Gasteiger partial charge in [0.1, 0.15) is 0 Å². The first-order valence-corrected chi connectivity index (χ1v) is 8.15. The van der Waals surface area contributed by atoms with Gasteiger partial charge in [-0.15, -0.1) is 0 Å². The third-order valence-electron chi connectivity index (χ3n) is 3.34. The predicted octanol–water partition coefficient (Wildman–Crippen LogP) is 5.03. The molecule has 1 N–H and O–H groups in total. The number of anilines is 1. The highest BCUT2D eigenvalue weighted by molar-refractivity contribution is 9.10. The van der Waals surface area contributed by atoms with Crippen LogP contribution in [0.2, 0.25) is 0 Å².